The Morgan fingerprint density at radius 3 is 2.73 bits per heavy atom. The molecule has 22 heavy (non-hydrogen) atoms. The van der Waals surface area contributed by atoms with Gasteiger partial charge in [0.2, 0.25) is 0 Å². The highest BCUT2D eigenvalue weighted by molar-refractivity contribution is 6.30. The lowest BCUT2D eigenvalue weighted by atomic mass is 9.85. The zero-order valence-corrected chi connectivity index (χ0v) is 12.9. The second-order valence-corrected chi connectivity index (χ2v) is 6.34. The third kappa shape index (κ3) is 2.53. The van der Waals surface area contributed by atoms with E-state index in [-0.39, 0.29) is 11.7 Å². The van der Waals surface area contributed by atoms with Crippen LogP contribution in [0.25, 0.3) is 6.08 Å². The lowest BCUT2D eigenvalue weighted by Crippen LogP contribution is -2.42. The number of benzene rings is 2. The molecular weight excluding hydrogens is 296 g/mol. The van der Waals surface area contributed by atoms with Crippen molar-refractivity contribution in [2.75, 3.05) is 6.61 Å². The standard InChI is InChI=1S/C19H17ClO2/c20-16-7-5-15(6-8-16)18-13-19(11-12-21-18)10-9-14-3-1-2-4-17(14)22-19/h1-10,18H,11-13H2/t18-,19+/m0/s1. The van der Waals surface area contributed by atoms with Gasteiger partial charge in [0.1, 0.15) is 11.4 Å². The summed E-state index contributed by atoms with van der Waals surface area (Å²) in [7, 11) is 0. The van der Waals surface area contributed by atoms with E-state index in [2.05, 4.69) is 18.2 Å². The van der Waals surface area contributed by atoms with E-state index in [9.17, 15) is 0 Å². The molecule has 2 heterocycles. The maximum atomic E-state index is 6.34. The van der Waals surface area contributed by atoms with Crippen LogP contribution in [0, 0.1) is 0 Å². The first-order chi connectivity index (χ1) is 10.7. The van der Waals surface area contributed by atoms with E-state index in [1.165, 1.54) is 0 Å². The number of rotatable bonds is 1. The van der Waals surface area contributed by atoms with Gasteiger partial charge in [-0.25, -0.2) is 0 Å². The summed E-state index contributed by atoms with van der Waals surface area (Å²) in [6.07, 6.45) is 6.10. The Hall–Kier alpha value is -1.77. The average Bonchev–Trinajstić information content (AvgIpc) is 2.55. The molecule has 0 radical (unpaired) electrons. The van der Waals surface area contributed by atoms with Gasteiger partial charge < -0.3 is 9.47 Å². The molecule has 3 heteroatoms. The van der Waals surface area contributed by atoms with Crippen molar-refractivity contribution in [1.29, 1.82) is 0 Å². The summed E-state index contributed by atoms with van der Waals surface area (Å²) in [5.74, 6) is 0.960. The molecule has 2 nitrogen and oxygen atoms in total. The Kier molecular flexibility index (Phi) is 3.44. The molecular formula is C19H17ClO2. The van der Waals surface area contributed by atoms with Gasteiger partial charge in [-0.2, -0.15) is 0 Å². The predicted molar refractivity (Wildman–Crippen MR) is 88.2 cm³/mol. The molecule has 2 aliphatic heterocycles. The third-order valence-corrected chi connectivity index (χ3v) is 4.67. The second-order valence-electron chi connectivity index (χ2n) is 5.90. The number of ether oxygens (including phenoxy) is 2. The smallest absolute Gasteiger partial charge is 0.132 e. The molecule has 0 unspecified atom stereocenters. The topological polar surface area (TPSA) is 18.5 Å². The molecule has 0 N–H and O–H groups in total. The zero-order valence-electron chi connectivity index (χ0n) is 12.2. The monoisotopic (exact) mass is 312 g/mol. The molecule has 1 saturated heterocycles. The van der Waals surface area contributed by atoms with E-state index in [1.807, 2.05) is 42.5 Å². The van der Waals surface area contributed by atoms with Crippen LogP contribution in [0.1, 0.15) is 30.1 Å². The summed E-state index contributed by atoms with van der Waals surface area (Å²) < 4.78 is 12.3. The lowest BCUT2D eigenvalue weighted by Gasteiger charge is -2.41. The van der Waals surface area contributed by atoms with Crippen molar-refractivity contribution in [3.05, 3.63) is 70.8 Å². The number of hydrogen-bond acceptors (Lipinski definition) is 2. The minimum Gasteiger partial charge on any atom is -0.482 e. The number of para-hydroxylation sites is 1. The van der Waals surface area contributed by atoms with E-state index in [0.717, 1.165) is 34.7 Å². The van der Waals surface area contributed by atoms with Crippen LogP contribution in [-0.4, -0.2) is 12.2 Å². The molecule has 0 saturated carbocycles. The van der Waals surface area contributed by atoms with Gasteiger partial charge in [0.05, 0.1) is 12.7 Å². The van der Waals surface area contributed by atoms with Crippen LogP contribution >= 0.6 is 11.6 Å². The normalized spacial score (nSPS) is 26.5. The molecule has 2 aromatic rings. The van der Waals surface area contributed by atoms with Gasteiger partial charge in [-0.3, -0.25) is 0 Å². The summed E-state index contributed by atoms with van der Waals surface area (Å²) in [6.45, 7) is 0.694. The number of hydrogen-bond donors (Lipinski definition) is 0. The van der Waals surface area contributed by atoms with Crippen molar-refractivity contribution in [3.63, 3.8) is 0 Å². The first-order valence-electron chi connectivity index (χ1n) is 7.59. The van der Waals surface area contributed by atoms with Gasteiger partial charge in [-0.1, -0.05) is 48.0 Å². The van der Waals surface area contributed by atoms with E-state index < -0.39 is 0 Å². The summed E-state index contributed by atoms with van der Waals surface area (Å²) in [5, 5.41) is 0.747. The number of halogens is 1. The lowest BCUT2D eigenvalue weighted by molar-refractivity contribution is -0.0695. The minimum absolute atomic E-state index is 0.0425. The van der Waals surface area contributed by atoms with Crippen LogP contribution in [0.15, 0.2) is 54.6 Å². The first-order valence-corrected chi connectivity index (χ1v) is 7.96. The molecule has 2 atom stereocenters. The maximum absolute atomic E-state index is 6.34. The SMILES string of the molecule is Clc1ccc([C@@H]2C[C@@]3(C=Cc4ccccc4O3)CCO2)cc1. The highest BCUT2D eigenvalue weighted by Crippen LogP contribution is 2.42. The van der Waals surface area contributed by atoms with Crippen molar-refractivity contribution >= 4 is 17.7 Å². The van der Waals surface area contributed by atoms with Crippen LogP contribution in [-0.2, 0) is 4.74 Å². The van der Waals surface area contributed by atoms with Crippen molar-refractivity contribution in [1.82, 2.24) is 0 Å². The first kappa shape index (κ1) is 13.9. The predicted octanol–water partition coefficient (Wildman–Crippen LogP) is 5.04. The average molecular weight is 313 g/mol. The molecule has 0 aliphatic carbocycles. The second kappa shape index (κ2) is 5.45. The highest BCUT2D eigenvalue weighted by Gasteiger charge is 2.39. The van der Waals surface area contributed by atoms with Gasteiger partial charge in [0, 0.05) is 23.4 Å². The Morgan fingerprint density at radius 1 is 1.05 bits per heavy atom. The summed E-state index contributed by atoms with van der Waals surface area (Å²) in [5.41, 5.74) is 2.03. The Bertz CT molecular complexity index is 708. The molecule has 0 amide bonds. The molecule has 112 valence electrons. The van der Waals surface area contributed by atoms with Gasteiger partial charge in [-0.15, -0.1) is 0 Å². The van der Waals surface area contributed by atoms with Crippen LogP contribution in [0.5, 0.6) is 5.75 Å². The van der Waals surface area contributed by atoms with Crippen LogP contribution in [0.2, 0.25) is 5.02 Å². The molecule has 0 bridgehead atoms. The van der Waals surface area contributed by atoms with E-state index in [0.29, 0.717) is 6.61 Å². The van der Waals surface area contributed by atoms with Crippen molar-refractivity contribution in [3.8, 4) is 5.75 Å². The molecule has 1 spiro atoms. The van der Waals surface area contributed by atoms with Gasteiger partial charge in [0.25, 0.3) is 0 Å². The molecule has 0 aromatic heterocycles. The maximum Gasteiger partial charge on any atom is 0.132 e. The van der Waals surface area contributed by atoms with E-state index >= 15 is 0 Å². The largest absolute Gasteiger partial charge is 0.482 e. The zero-order chi connectivity index (χ0) is 15.0. The van der Waals surface area contributed by atoms with Gasteiger partial charge in [0.15, 0.2) is 0 Å². The molecule has 2 aromatic carbocycles. The Labute approximate surface area is 135 Å². The third-order valence-electron chi connectivity index (χ3n) is 4.42. The number of fused-ring (bicyclic) bond motifs is 1. The highest BCUT2D eigenvalue weighted by atomic mass is 35.5. The van der Waals surface area contributed by atoms with Crippen LogP contribution < -0.4 is 4.74 Å². The van der Waals surface area contributed by atoms with Crippen LogP contribution in [0.3, 0.4) is 0 Å². The quantitative estimate of drug-likeness (QED) is 0.734. The van der Waals surface area contributed by atoms with E-state index in [1.54, 1.807) is 0 Å². The van der Waals surface area contributed by atoms with Gasteiger partial charge >= 0.3 is 0 Å². The van der Waals surface area contributed by atoms with Crippen molar-refractivity contribution in [2.45, 2.75) is 24.5 Å². The Balaban J connectivity index is 1.60. The molecule has 1 fully saturated rings. The van der Waals surface area contributed by atoms with Crippen molar-refractivity contribution in [2.24, 2.45) is 0 Å². The van der Waals surface area contributed by atoms with Crippen molar-refractivity contribution < 1.29 is 9.47 Å². The fourth-order valence-corrected chi connectivity index (χ4v) is 3.32. The summed E-state index contributed by atoms with van der Waals surface area (Å²) in [4.78, 5) is 0. The Morgan fingerprint density at radius 2 is 1.86 bits per heavy atom. The fourth-order valence-electron chi connectivity index (χ4n) is 3.19. The summed E-state index contributed by atoms with van der Waals surface area (Å²) >= 11 is 5.97. The molecule has 4 rings (SSSR count). The van der Waals surface area contributed by atoms with E-state index in [4.69, 9.17) is 21.1 Å². The van der Waals surface area contributed by atoms with Crippen LogP contribution in [0.4, 0.5) is 0 Å². The fraction of sp³-hybridized carbons (Fsp3) is 0.263. The summed E-state index contributed by atoms with van der Waals surface area (Å²) in [6, 6.07) is 16.1. The minimum atomic E-state index is -0.267. The molecule has 2 aliphatic rings. The van der Waals surface area contributed by atoms with Gasteiger partial charge in [-0.05, 0) is 29.8 Å².